The maximum absolute atomic E-state index is 9.99. The van der Waals surface area contributed by atoms with Gasteiger partial charge in [-0.3, -0.25) is 15.1 Å². The number of nitrogens with zero attached hydrogens (tertiary/aromatic N) is 2. The highest BCUT2D eigenvalue weighted by Gasteiger charge is 2.08. The van der Waals surface area contributed by atoms with Gasteiger partial charge in [-0.05, 0) is 11.8 Å². The minimum Gasteiger partial charge on any atom is -0.369 e. The lowest BCUT2D eigenvalue weighted by Crippen LogP contribution is -2.32. The molecule has 0 aromatic heterocycles. The zero-order valence-electron chi connectivity index (χ0n) is 9.45. The number of aliphatic imine (C=N–C) groups is 2. The molecule has 0 saturated carbocycles. The number of carbonyl (C=O) groups excluding carboxylic acids is 1. The fraction of sp³-hybridized carbons (Fsp3) is 0.667. The van der Waals surface area contributed by atoms with Crippen LogP contribution in [0, 0.1) is 5.41 Å². The van der Waals surface area contributed by atoms with Gasteiger partial charge in [0.1, 0.15) is 0 Å². The van der Waals surface area contributed by atoms with E-state index in [-0.39, 0.29) is 17.3 Å². The number of hydrogen-bond acceptors (Lipinski definition) is 2. The number of carbonyl (C=O) groups is 1. The Bertz CT molecular complexity index is 264. The summed E-state index contributed by atoms with van der Waals surface area (Å²) in [5, 5.41) is 2.17. The molecule has 0 aromatic rings. The van der Waals surface area contributed by atoms with Crippen LogP contribution in [-0.4, -0.2) is 24.9 Å². The number of rotatable bonds is 3. The molecule has 0 fully saturated rings. The molecule has 0 rings (SSSR count). The van der Waals surface area contributed by atoms with Gasteiger partial charge in [0, 0.05) is 6.54 Å². The second-order valence-corrected chi connectivity index (χ2v) is 4.31. The van der Waals surface area contributed by atoms with E-state index in [0.29, 0.717) is 13.0 Å². The number of nitrogens with two attached hydrogens (primary N) is 2. The Labute approximate surface area is 89.8 Å². The van der Waals surface area contributed by atoms with Crippen LogP contribution in [0.15, 0.2) is 9.98 Å². The SMILES string of the molecule is CC(C)(C)CCN=C(N)N=C(N)NC=O. The van der Waals surface area contributed by atoms with Gasteiger partial charge in [0.25, 0.3) is 0 Å². The summed E-state index contributed by atoms with van der Waals surface area (Å²) in [6.07, 6.45) is 1.34. The fourth-order valence-electron chi connectivity index (χ4n) is 0.757. The first-order chi connectivity index (χ1) is 6.85. The number of amides is 1. The van der Waals surface area contributed by atoms with Crippen molar-refractivity contribution in [1.82, 2.24) is 5.32 Å². The lowest BCUT2D eigenvalue weighted by Gasteiger charge is -2.15. The highest BCUT2D eigenvalue weighted by atomic mass is 16.1. The van der Waals surface area contributed by atoms with Gasteiger partial charge in [0.2, 0.25) is 18.3 Å². The van der Waals surface area contributed by atoms with Gasteiger partial charge >= 0.3 is 0 Å². The van der Waals surface area contributed by atoms with Gasteiger partial charge in [-0.1, -0.05) is 20.8 Å². The summed E-state index contributed by atoms with van der Waals surface area (Å²) >= 11 is 0. The van der Waals surface area contributed by atoms with Crippen molar-refractivity contribution in [2.75, 3.05) is 6.54 Å². The highest BCUT2D eigenvalue weighted by molar-refractivity contribution is 5.97. The third-order valence-electron chi connectivity index (χ3n) is 1.58. The molecule has 0 saturated heterocycles. The molecule has 0 heterocycles. The van der Waals surface area contributed by atoms with Crippen LogP contribution in [0.5, 0.6) is 0 Å². The summed E-state index contributed by atoms with van der Waals surface area (Å²) in [5.74, 6) is 0.0214. The summed E-state index contributed by atoms with van der Waals surface area (Å²) in [7, 11) is 0. The van der Waals surface area contributed by atoms with Crippen LogP contribution in [0.4, 0.5) is 0 Å². The Morgan fingerprint density at radius 1 is 1.40 bits per heavy atom. The molecule has 0 atom stereocenters. The van der Waals surface area contributed by atoms with Gasteiger partial charge in [0.15, 0.2) is 0 Å². The predicted octanol–water partition coefficient (Wildman–Crippen LogP) is -0.202. The second kappa shape index (κ2) is 6.00. The fourth-order valence-corrected chi connectivity index (χ4v) is 0.757. The number of guanidine groups is 2. The minimum atomic E-state index is -0.0537. The van der Waals surface area contributed by atoms with E-state index in [1.807, 2.05) is 0 Å². The Morgan fingerprint density at radius 2 is 2.00 bits per heavy atom. The van der Waals surface area contributed by atoms with E-state index in [9.17, 15) is 4.79 Å². The Hall–Kier alpha value is -1.59. The van der Waals surface area contributed by atoms with E-state index in [2.05, 4.69) is 36.1 Å². The molecule has 15 heavy (non-hydrogen) atoms. The molecule has 5 N–H and O–H groups in total. The third-order valence-corrected chi connectivity index (χ3v) is 1.58. The van der Waals surface area contributed by atoms with Crippen molar-refractivity contribution in [3.8, 4) is 0 Å². The monoisotopic (exact) mass is 213 g/mol. The van der Waals surface area contributed by atoms with Crippen LogP contribution >= 0.6 is 0 Å². The van der Waals surface area contributed by atoms with Crippen molar-refractivity contribution in [2.24, 2.45) is 26.9 Å². The summed E-state index contributed by atoms with van der Waals surface area (Å²) in [6.45, 7) is 6.94. The summed E-state index contributed by atoms with van der Waals surface area (Å²) in [5.41, 5.74) is 11.0. The molecule has 0 aliphatic rings. The average Bonchev–Trinajstić information content (AvgIpc) is 2.01. The lowest BCUT2D eigenvalue weighted by molar-refractivity contribution is -0.108. The predicted molar refractivity (Wildman–Crippen MR) is 61.4 cm³/mol. The molecule has 1 amide bonds. The molecule has 86 valence electrons. The zero-order chi connectivity index (χ0) is 11.9. The molecule has 6 nitrogen and oxygen atoms in total. The Balaban J connectivity index is 4.10. The first-order valence-electron chi connectivity index (χ1n) is 4.69. The van der Waals surface area contributed by atoms with Gasteiger partial charge < -0.3 is 11.5 Å². The Morgan fingerprint density at radius 3 is 2.47 bits per heavy atom. The second-order valence-electron chi connectivity index (χ2n) is 4.31. The van der Waals surface area contributed by atoms with Crippen LogP contribution in [0.25, 0.3) is 0 Å². The van der Waals surface area contributed by atoms with Crippen molar-refractivity contribution in [2.45, 2.75) is 27.2 Å². The lowest BCUT2D eigenvalue weighted by atomic mass is 9.93. The van der Waals surface area contributed by atoms with E-state index in [0.717, 1.165) is 6.42 Å². The number of hydrogen-bond donors (Lipinski definition) is 3. The number of nitrogens with one attached hydrogen (secondary N) is 1. The summed E-state index contributed by atoms with van der Waals surface area (Å²) in [6, 6.07) is 0. The molecule has 0 aromatic carbocycles. The maximum atomic E-state index is 9.99. The molecule has 0 spiro atoms. The molecule has 0 bridgehead atoms. The van der Waals surface area contributed by atoms with Crippen LogP contribution in [-0.2, 0) is 4.79 Å². The van der Waals surface area contributed by atoms with Crippen LogP contribution < -0.4 is 16.8 Å². The molecule has 6 heteroatoms. The van der Waals surface area contributed by atoms with Crippen LogP contribution in [0.2, 0.25) is 0 Å². The molecule has 0 unspecified atom stereocenters. The highest BCUT2D eigenvalue weighted by Crippen LogP contribution is 2.17. The first kappa shape index (κ1) is 13.4. The van der Waals surface area contributed by atoms with E-state index in [1.54, 1.807) is 0 Å². The van der Waals surface area contributed by atoms with Crippen molar-refractivity contribution in [3.05, 3.63) is 0 Å². The zero-order valence-corrected chi connectivity index (χ0v) is 9.45. The van der Waals surface area contributed by atoms with E-state index < -0.39 is 0 Å². The van der Waals surface area contributed by atoms with Crippen molar-refractivity contribution >= 4 is 18.3 Å². The van der Waals surface area contributed by atoms with Gasteiger partial charge in [-0.15, -0.1) is 0 Å². The normalized spacial score (nSPS) is 13.8. The van der Waals surface area contributed by atoms with E-state index in [1.165, 1.54) is 0 Å². The van der Waals surface area contributed by atoms with Gasteiger partial charge in [-0.25, -0.2) is 0 Å². The van der Waals surface area contributed by atoms with Crippen LogP contribution in [0.1, 0.15) is 27.2 Å². The first-order valence-corrected chi connectivity index (χ1v) is 4.69. The molecular formula is C9H19N5O. The van der Waals surface area contributed by atoms with Gasteiger partial charge in [-0.2, -0.15) is 4.99 Å². The largest absolute Gasteiger partial charge is 0.369 e. The molecule has 0 aliphatic carbocycles. The summed E-state index contributed by atoms with van der Waals surface area (Å²) in [4.78, 5) is 17.7. The molecule has 0 aliphatic heterocycles. The molecular weight excluding hydrogens is 194 g/mol. The third kappa shape index (κ3) is 8.73. The van der Waals surface area contributed by atoms with Crippen molar-refractivity contribution < 1.29 is 4.79 Å². The van der Waals surface area contributed by atoms with E-state index in [4.69, 9.17) is 11.5 Å². The van der Waals surface area contributed by atoms with Crippen molar-refractivity contribution in [3.63, 3.8) is 0 Å². The maximum Gasteiger partial charge on any atom is 0.218 e. The van der Waals surface area contributed by atoms with Crippen molar-refractivity contribution in [1.29, 1.82) is 0 Å². The molecule has 0 radical (unpaired) electrons. The van der Waals surface area contributed by atoms with Gasteiger partial charge in [0.05, 0.1) is 0 Å². The van der Waals surface area contributed by atoms with Crippen LogP contribution in [0.3, 0.4) is 0 Å². The minimum absolute atomic E-state index is 0.0537. The Kier molecular flexibility index (Phi) is 5.36. The quantitative estimate of drug-likeness (QED) is 0.343. The average molecular weight is 213 g/mol. The summed E-state index contributed by atoms with van der Waals surface area (Å²) < 4.78 is 0. The van der Waals surface area contributed by atoms with E-state index >= 15 is 0 Å². The standard InChI is InChI=1S/C9H19N5O/c1-9(2,3)4-5-12-7(10)14-8(11)13-6-15/h6H,4-5H2,1-3H3,(H5,10,11,12,13,14,15). The topological polar surface area (TPSA) is 106 Å². The smallest absolute Gasteiger partial charge is 0.218 e.